The van der Waals surface area contributed by atoms with Crippen molar-refractivity contribution in [2.45, 2.75) is 0 Å². The topological polar surface area (TPSA) is 75.1 Å². The van der Waals surface area contributed by atoms with Gasteiger partial charge in [-0.1, -0.05) is 23.2 Å². The average molecular weight is 415 g/mol. The number of hydrogen-bond donors (Lipinski definition) is 1. The Morgan fingerprint density at radius 2 is 1.75 bits per heavy atom. The number of halogens is 2. The van der Waals surface area contributed by atoms with E-state index < -0.39 is 0 Å². The molecule has 2 aromatic heterocycles. The van der Waals surface area contributed by atoms with Gasteiger partial charge < -0.3 is 15.0 Å². The molecule has 0 amide bonds. The monoisotopic (exact) mass is 414 g/mol. The summed E-state index contributed by atoms with van der Waals surface area (Å²) in [7, 11) is 3.47. The van der Waals surface area contributed by atoms with Gasteiger partial charge in [-0.3, -0.25) is 9.48 Å². The second kappa shape index (κ2) is 6.89. The molecule has 0 bridgehead atoms. The number of benzene rings is 2. The van der Waals surface area contributed by atoms with Crippen molar-refractivity contribution in [3.8, 4) is 22.6 Å². The first kappa shape index (κ1) is 18.4. The SMILES string of the molecule is Cn1cc2c(=O)n(C)cc(-c3cc(N)ccc3Oc3ccc(Cl)cc3Cl)c2n1. The van der Waals surface area contributed by atoms with Gasteiger partial charge in [0.15, 0.2) is 0 Å². The van der Waals surface area contributed by atoms with Crippen molar-refractivity contribution in [1.29, 1.82) is 0 Å². The molecule has 0 unspecified atom stereocenters. The highest BCUT2D eigenvalue weighted by Crippen LogP contribution is 2.39. The molecule has 142 valence electrons. The number of anilines is 1. The lowest BCUT2D eigenvalue weighted by Gasteiger charge is -2.14. The number of ether oxygens (including phenoxy) is 1. The van der Waals surface area contributed by atoms with Gasteiger partial charge in [-0.25, -0.2) is 0 Å². The van der Waals surface area contributed by atoms with E-state index in [4.69, 9.17) is 33.7 Å². The average Bonchev–Trinajstić information content (AvgIpc) is 3.04. The minimum absolute atomic E-state index is 0.126. The molecule has 4 rings (SSSR count). The van der Waals surface area contributed by atoms with E-state index in [1.165, 1.54) is 4.57 Å². The molecule has 2 heterocycles. The predicted molar refractivity (Wildman–Crippen MR) is 112 cm³/mol. The molecular formula is C20H16Cl2N4O2. The van der Waals surface area contributed by atoms with E-state index in [-0.39, 0.29) is 5.56 Å². The van der Waals surface area contributed by atoms with Crippen LogP contribution >= 0.6 is 23.2 Å². The molecule has 0 saturated carbocycles. The van der Waals surface area contributed by atoms with Gasteiger partial charge in [0, 0.05) is 48.3 Å². The fourth-order valence-corrected chi connectivity index (χ4v) is 3.52. The van der Waals surface area contributed by atoms with Gasteiger partial charge in [0.2, 0.25) is 0 Å². The number of rotatable bonds is 3. The first-order valence-electron chi connectivity index (χ1n) is 8.39. The maximum atomic E-state index is 12.5. The molecule has 2 N–H and O–H groups in total. The van der Waals surface area contributed by atoms with Crippen molar-refractivity contribution in [3.63, 3.8) is 0 Å². The quantitative estimate of drug-likeness (QED) is 0.496. The second-order valence-electron chi connectivity index (χ2n) is 6.46. The van der Waals surface area contributed by atoms with Crippen molar-refractivity contribution < 1.29 is 4.74 Å². The smallest absolute Gasteiger partial charge is 0.261 e. The largest absolute Gasteiger partial charge is 0.455 e. The summed E-state index contributed by atoms with van der Waals surface area (Å²) < 4.78 is 9.19. The Labute approximate surface area is 170 Å². The van der Waals surface area contributed by atoms with Crippen LogP contribution in [-0.2, 0) is 14.1 Å². The van der Waals surface area contributed by atoms with Crippen molar-refractivity contribution >= 4 is 39.8 Å². The molecule has 6 nitrogen and oxygen atoms in total. The van der Waals surface area contributed by atoms with E-state index in [0.29, 0.717) is 43.7 Å². The van der Waals surface area contributed by atoms with Crippen molar-refractivity contribution in [1.82, 2.24) is 14.3 Å². The highest BCUT2D eigenvalue weighted by molar-refractivity contribution is 6.35. The van der Waals surface area contributed by atoms with E-state index in [1.807, 2.05) is 0 Å². The Bertz CT molecular complexity index is 1280. The first-order valence-corrected chi connectivity index (χ1v) is 9.15. The number of pyridine rings is 1. The van der Waals surface area contributed by atoms with Crippen LogP contribution in [-0.4, -0.2) is 14.3 Å². The maximum absolute atomic E-state index is 12.5. The van der Waals surface area contributed by atoms with Crippen LogP contribution in [0.25, 0.3) is 22.0 Å². The molecule has 4 aromatic rings. The Kier molecular flexibility index (Phi) is 4.53. The zero-order valence-electron chi connectivity index (χ0n) is 15.1. The van der Waals surface area contributed by atoms with Crippen LogP contribution in [0.15, 0.2) is 53.6 Å². The highest BCUT2D eigenvalue weighted by Gasteiger charge is 2.17. The molecule has 0 fully saturated rings. The number of fused-ring (bicyclic) bond motifs is 1. The summed E-state index contributed by atoms with van der Waals surface area (Å²) in [5.74, 6) is 0.989. The predicted octanol–water partition coefficient (Wildman–Crippen LogP) is 4.62. The van der Waals surface area contributed by atoms with Crippen LogP contribution < -0.4 is 16.0 Å². The van der Waals surface area contributed by atoms with Crippen LogP contribution in [0.3, 0.4) is 0 Å². The first-order chi connectivity index (χ1) is 13.3. The maximum Gasteiger partial charge on any atom is 0.261 e. The molecule has 8 heteroatoms. The lowest BCUT2D eigenvalue weighted by Crippen LogP contribution is -2.16. The van der Waals surface area contributed by atoms with E-state index >= 15 is 0 Å². The fourth-order valence-electron chi connectivity index (χ4n) is 3.07. The third kappa shape index (κ3) is 3.21. The minimum atomic E-state index is -0.126. The van der Waals surface area contributed by atoms with Crippen LogP contribution in [0.4, 0.5) is 5.69 Å². The third-order valence-corrected chi connectivity index (χ3v) is 4.90. The van der Waals surface area contributed by atoms with E-state index in [1.54, 1.807) is 67.6 Å². The summed E-state index contributed by atoms with van der Waals surface area (Å²) in [5.41, 5.74) is 8.46. The van der Waals surface area contributed by atoms with E-state index in [2.05, 4.69) is 5.10 Å². The van der Waals surface area contributed by atoms with E-state index in [0.717, 1.165) is 5.56 Å². The van der Waals surface area contributed by atoms with Gasteiger partial charge >= 0.3 is 0 Å². The molecule has 28 heavy (non-hydrogen) atoms. The van der Waals surface area contributed by atoms with Gasteiger partial charge in [0.25, 0.3) is 5.56 Å². The van der Waals surface area contributed by atoms with Crippen molar-refractivity contribution in [2.75, 3.05) is 5.73 Å². The Morgan fingerprint density at radius 1 is 1.00 bits per heavy atom. The number of nitrogen functional groups attached to an aromatic ring is 1. The van der Waals surface area contributed by atoms with Gasteiger partial charge in [-0.05, 0) is 36.4 Å². The van der Waals surface area contributed by atoms with Gasteiger partial charge in [-0.15, -0.1) is 0 Å². The minimum Gasteiger partial charge on any atom is -0.455 e. The highest BCUT2D eigenvalue weighted by atomic mass is 35.5. The summed E-state index contributed by atoms with van der Waals surface area (Å²) in [5, 5.41) is 5.88. The summed E-state index contributed by atoms with van der Waals surface area (Å²) in [6, 6.07) is 10.3. The van der Waals surface area contributed by atoms with Crippen molar-refractivity contribution in [2.24, 2.45) is 14.1 Å². The van der Waals surface area contributed by atoms with Gasteiger partial charge in [0.1, 0.15) is 17.0 Å². The number of hydrogen-bond acceptors (Lipinski definition) is 4. The summed E-state index contributed by atoms with van der Waals surface area (Å²) in [6.45, 7) is 0. The lowest BCUT2D eigenvalue weighted by molar-refractivity contribution is 0.485. The van der Waals surface area contributed by atoms with Crippen LogP contribution in [0.5, 0.6) is 11.5 Å². The molecular weight excluding hydrogens is 399 g/mol. The third-order valence-electron chi connectivity index (χ3n) is 4.37. The molecule has 0 aliphatic heterocycles. The zero-order chi connectivity index (χ0) is 20.0. The molecule has 0 radical (unpaired) electrons. The molecule has 0 aliphatic carbocycles. The van der Waals surface area contributed by atoms with Gasteiger partial charge in [0.05, 0.1) is 10.4 Å². The normalized spacial score (nSPS) is 11.1. The number of nitrogens with zero attached hydrogens (tertiary/aromatic N) is 3. The summed E-state index contributed by atoms with van der Waals surface area (Å²) >= 11 is 12.2. The van der Waals surface area contributed by atoms with Crippen LogP contribution in [0.2, 0.25) is 10.0 Å². The number of aromatic nitrogens is 3. The van der Waals surface area contributed by atoms with Crippen LogP contribution in [0.1, 0.15) is 0 Å². The lowest BCUT2D eigenvalue weighted by atomic mass is 10.0. The Balaban J connectivity index is 1.94. The summed E-state index contributed by atoms with van der Waals surface area (Å²) in [6.07, 6.45) is 3.42. The summed E-state index contributed by atoms with van der Waals surface area (Å²) in [4.78, 5) is 12.5. The Morgan fingerprint density at radius 3 is 2.50 bits per heavy atom. The molecule has 0 spiro atoms. The molecule has 0 atom stereocenters. The second-order valence-corrected chi connectivity index (χ2v) is 7.30. The van der Waals surface area contributed by atoms with E-state index in [9.17, 15) is 4.79 Å². The standard InChI is InChI=1S/C20H16Cl2N4O2/c1-25-9-14(19-15(20(25)27)10-26(2)24-19)13-8-12(23)4-6-17(13)28-18-5-3-11(21)7-16(18)22/h3-10H,23H2,1-2H3. The molecule has 2 aromatic carbocycles. The number of aryl methyl sites for hydroxylation is 2. The van der Waals surface area contributed by atoms with Gasteiger partial charge in [-0.2, -0.15) is 5.10 Å². The molecule has 0 aliphatic rings. The molecule has 0 saturated heterocycles. The zero-order valence-corrected chi connectivity index (χ0v) is 16.6. The number of nitrogens with two attached hydrogens (primary N) is 1. The van der Waals surface area contributed by atoms with Crippen LogP contribution in [0, 0.1) is 0 Å². The Hall–Kier alpha value is -2.96. The van der Waals surface area contributed by atoms with Crippen molar-refractivity contribution in [3.05, 3.63) is 69.2 Å². The fraction of sp³-hybridized carbons (Fsp3) is 0.100.